The summed E-state index contributed by atoms with van der Waals surface area (Å²) >= 11 is 0. The van der Waals surface area contributed by atoms with Crippen LogP contribution < -0.4 is 10.1 Å². The summed E-state index contributed by atoms with van der Waals surface area (Å²) in [6.45, 7) is 3.84. The maximum Gasteiger partial charge on any atom is 0.260 e. The number of nitrogens with one attached hydrogen (secondary N) is 1. The van der Waals surface area contributed by atoms with Gasteiger partial charge in [-0.15, -0.1) is 0 Å². The van der Waals surface area contributed by atoms with Gasteiger partial charge in [0.1, 0.15) is 11.6 Å². The third kappa shape index (κ3) is 5.03. The van der Waals surface area contributed by atoms with Gasteiger partial charge in [-0.1, -0.05) is 5.16 Å². The van der Waals surface area contributed by atoms with E-state index in [9.17, 15) is 9.18 Å². The monoisotopic (exact) mass is 298 g/mol. The van der Waals surface area contributed by atoms with Crippen LogP contribution in [0.5, 0.6) is 5.75 Å². The van der Waals surface area contributed by atoms with E-state index in [-0.39, 0.29) is 17.4 Å². The fourth-order valence-corrected chi connectivity index (χ4v) is 1.61. The molecule has 21 heavy (non-hydrogen) atoms. The summed E-state index contributed by atoms with van der Waals surface area (Å²) in [6, 6.07) is 3.79. The predicted octanol–water partition coefficient (Wildman–Crippen LogP) is 1.55. The number of halogens is 1. The molecule has 1 rings (SSSR count). The van der Waals surface area contributed by atoms with E-state index in [1.165, 1.54) is 19.2 Å². The second kappa shape index (κ2) is 8.21. The second-order valence-corrected chi connectivity index (χ2v) is 4.37. The third-order valence-corrected chi connectivity index (χ3v) is 2.76. The van der Waals surface area contributed by atoms with E-state index >= 15 is 0 Å². The van der Waals surface area contributed by atoms with Gasteiger partial charge < -0.3 is 20.0 Å². The van der Waals surface area contributed by atoms with Gasteiger partial charge in [-0.2, -0.15) is 0 Å². The average molecular weight is 298 g/mol. The van der Waals surface area contributed by atoms with E-state index < -0.39 is 11.9 Å². The molecule has 1 amide bonds. The highest BCUT2D eigenvalue weighted by atomic mass is 19.1. The van der Waals surface area contributed by atoms with Crippen molar-refractivity contribution in [3.8, 4) is 5.75 Å². The Morgan fingerprint density at radius 2 is 2.24 bits per heavy atom. The molecule has 0 fully saturated rings. The Kier molecular flexibility index (Phi) is 6.61. The van der Waals surface area contributed by atoms with Crippen LogP contribution in [0.1, 0.15) is 19.4 Å². The number of rotatable bonds is 7. The molecule has 0 aliphatic heterocycles. The number of carbonyl (C=O) groups excluding carboxylic acids is 1. The zero-order valence-corrected chi connectivity index (χ0v) is 12.2. The summed E-state index contributed by atoms with van der Waals surface area (Å²) in [4.78, 5) is 11.8. The van der Waals surface area contributed by atoms with Crippen molar-refractivity contribution >= 4 is 11.6 Å². The molecule has 1 aromatic rings. The fourth-order valence-electron chi connectivity index (χ4n) is 1.61. The Bertz CT molecular complexity index is 520. The van der Waals surface area contributed by atoms with Crippen LogP contribution in [0.3, 0.4) is 0 Å². The molecule has 0 aliphatic rings. The predicted molar refractivity (Wildman–Crippen MR) is 75.4 cm³/mol. The van der Waals surface area contributed by atoms with Gasteiger partial charge in [0.15, 0.2) is 6.10 Å². The van der Waals surface area contributed by atoms with E-state index in [0.29, 0.717) is 18.7 Å². The van der Waals surface area contributed by atoms with Gasteiger partial charge in [0.05, 0.1) is 12.3 Å². The van der Waals surface area contributed by atoms with Gasteiger partial charge in [0.25, 0.3) is 5.91 Å². The first kappa shape index (κ1) is 16.9. The molecule has 0 radical (unpaired) electrons. The van der Waals surface area contributed by atoms with Crippen LogP contribution in [0.15, 0.2) is 23.4 Å². The number of oxime groups is 1. The molecule has 6 nitrogen and oxygen atoms in total. The smallest absolute Gasteiger partial charge is 0.260 e. The lowest BCUT2D eigenvalue weighted by molar-refractivity contribution is -0.127. The number of hydrogen-bond acceptors (Lipinski definition) is 5. The summed E-state index contributed by atoms with van der Waals surface area (Å²) in [5.74, 6) is -0.716. The molecule has 0 saturated carbocycles. The summed E-state index contributed by atoms with van der Waals surface area (Å²) < 4.78 is 23.6. The number of carbonyl (C=O) groups is 1. The van der Waals surface area contributed by atoms with Crippen molar-refractivity contribution < 1.29 is 23.9 Å². The summed E-state index contributed by atoms with van der Waals surface area (Å²) in [5, 5.41) is 14.5. The number of hydrogen-bond donors (Lipinski definition) is 2. The summed E-state index contributed by atoms with van der Waals surface area (Å²) in [6.07, 6.45) is -0.825. The lowest BCUT2D eigenvalue weighted by Gasteiger charge is -2.17. The van der Waals surface area contributed by atoms with Gasteiger partial charge in [0, 0.05) is 25.3 Å². The molecular formula is C14H19FN2O4. The van der Waals surface area contributed by atoms with Gasteiger partial charge in [-0.25, -0.2) is 4.39 Å². The van der Waals surface area contributed by atoms with E-state index in [4.69, 9.17) is 14.7 Å². The number of benzene rings is 1. The van der Waals surface area contributed by atoms with Crippen LogP contribution in [-0.4, -0.2) is 43.2 Å². The second-order valence-electron chi connectivity index (χ2n) is 4.37. The Morgan fingerprint density at radius 3 is 2.86 bits per heavy atom. The molecule has 1 atom stereocenters. The normalized spacial score (nSPS) is 12.9. The van der Waals surface area contributed by atoms with E-state index in [1.807, 2.05) is 0 Å². The van der Waals surface area contributed by atoms with Crippen LogP contribution in [0.2, 0.25) is 0 Å². The van der Waals surface area contributed by atoms with E-state index in [2.05, 4.69) is 10.5 Å². The van der Waals surface area contributed by atoms with Crippen molar-refractivity contribution in [1.29, 1.82) is 0 Å². The molecule has 7 heteroatoms. The summed E-state index contributed by atoms with van der Waals surface area (Å²) in [7, 11) is 1.53. The minimum absolute atomic E-state index is 0.139. The van der Waals surface area contributed by atoms with Gasteiger partial charge in [-0.05, 0) is 26.0 Å². The first-order valence-electron chi connectivity index (χ1n) is 6.41. The molecule has 0 aromatic heterocycles. The molecule has 2 N–H and O–H groups in total. The number of amides is 1. The van der Waals surface area contributed by atoms with Crippen molar-refractivity contribution in [3.05, 3.63) is 29.6 Å². The molecule has 0 spiro atoms. The first-order chi connectivity index (χ1) is 9.99. The van der Waals surface area contributed by atoms with Crippen LogP contribution in [0.25, 0.3) is 0 Å². The standard InChI is InChI=1S/C14H19FN2O4/c1-9(17-19)12-5-4-11(15)8-13(12)21-10(2)14(18)16-6-7-20-3/h4-5,8,10,19H,6-7H2,1-3H3,(H,16,18). The van der Waals surface area contributed by atoms with Crippen molar-refractivity contribution in [1.82, 2.24) is 5.32 Å². The van der Waals surface area contributed by atoms with Crippen LogP contribution >= 0.6 is 0 Å². The zero-order valence-electron chi connectivity index (χ0n) is 12.2. The highest BCUT2D eigenvalue weighted by Gasteiger charge is 2.17. The Balaban J connectivity index is 2.81. The molecule has 1 unspecified atom stereocenters. The topological polar surface area (TPSA) is 80.2 Å². The minimum atomic E-state index is -0.825. The zero-order chi connectivity index (χ0) is 15.8. The molecule has 116 valence electrons. The van der Waals surface area contributed by atoms with Gasteiger partial charge in [-0.3, -0.25) is 4.79 Å². The van der Waals surface area contributed by atoms with Crippen molar-refractivity contribution in [2.24, 2.45) is 5.16 Å². The fraction of sp³-hybridized carbons (Fsp3) is 0.429. The first-order valence-corrected chi connectivity index (χ1v) is 6.41. The minimum Gasteiger partial charge on any atom is -0.480 e. The maximum atomic E-state index is 13.3. The molecule has 0 aliphatic carbocycles. The number of methoxy groups -OCH3 is 1. The van der Waals surface area contributed by atoms with Crippen molar-refractivity contribution in [2.75, 3.05) is 20.3 Å². The van der Waals surface area contributed by atoms with Crippen molar-refractivity contribution in [2.45, 2.75) is 20.0 Å². The highest BCUT2D eigenvalue weighted by Crippen LogP contribution is 2.22. The molecule has 1 aromatic carbocycles. The number of nitrogens with zero attached hydrogens (tertiary/aromatic N) is 1. The molecule has 0 saturated heterocycles. The van der Waals surface area contributed by atoms with Gasteiger partial charge in [0.2, 0.25) is 0 Å². The Morgan fingerprint density at radius 1 is 1.52 bits per heavy atom. The SMILES string of the molecule is COCCNC(=O)C(C)Oc1cc(F)ccc1C(C)=NO. The van der Waals surface area contributed by atoms with Gasteiger partial charge >= 0.3 is 0 Å². The van der Waals surface area contributed by atoms with E-state index in [0.717, 1.165) is 6.07 Å². The van der Waals surface area contributed by atoms with Crippen LogP contribution in [-0.2, 0) is 9.53 Å². The molecular weight excluding hydrogens is 279 g/mol. The third-order valence-electron chi connectivity index (χ3n) is 2.76. The average Bonchev–Trinajstić information content (AvgIpc) is 2.46. The van der Waals surface area contributed by atoms with Crippen molar-refractivity contribution in [3.63, 3.8) is 0 Å². The lowest BCUT2D eigenvalue weighted by atomic mass is 10.1. The number of ether oxygens (including phenoxy) is 2. The highest BCUT2D eigenvalue weighted by molar-refractivity contribution is 6.00. The molecule has 0 heterocycles. The Labute approximate surface area is 122 Å². The Hall–Kier alpha value is -2.15. The largest absolute Gasteiger partial charge is 0.480 e. The van der Waals surface area contributed by atoms with Crippen LogP contribution in [0, 0.1) is 5.82 Å². The lowest BCUT2D eigenvalue weighted by Crippen LogP contribution is -2.38. The van der Waals surface area contributed by atoms with E-state index in [1.54, 1.807) is 13.8 Å². The molecule has 0 bridgehead atoms. The van der Waals surface area contributed by atoms with Crippen LogP contribution in [0.4, 0.5) is 4.39 Å². The summed E-state index contributed by atoms with van der Waals surface area (Å²) in [5.41, 5.74) is 0.674. The quantitative estimate of drug-likeness (QED) is 0.346. The maximum absolute atomic E-state index is 13.3.